The summed E-state index contributed by atoms with van der Waals surface area (Å²) in [6, 6.07) is 3.96. The van der Waals surface area contributed by atoms with Gasteiger partial charge in [0.05, 0.1) is 35.3 Å². The van der Waals surface area contributed by atoms with Gasteiger partial charge in [0.25, 0.3) is 0 Å². The van der Waals surface area contributed by atoms with Crippen molar-refractivity contribution in [1.82, 2.24) is 20.3 Å². The predicted molar refractivity (Wildman–Crippen MR) is 118 cm³/mol. The molecule has 8 nitrogen and oxygen atoms in total. The van der Waals surface area contributed by atoms with Crippen LogP contribution in [0.25, 0.3) is 22.0 Å². The first-order valence-corrected chi connectivity index (χ1v) is 9.50. The van der Waals surface area contributed by atoms with Crippen molar-refractivity contribution in [3.63, 3.8) is 0 Å². The van der Waals surface area contributed by atoms with Crippen molar-refractivity contribution in [1.29, 1.82) is 0 Å². The lowest BCUT2D eigenvalue weighted by Crippen LogP contribution is -2.08. The van der Waals surface area contributed by atoms with E-state index in [0.29, 0.717) is 17.3 Å². The molecule has 0 radical (unpaired) electrons. The van der Waals surface area contributed by atoms with Crippen molar-refractivity contribution < 1.29 is 9.26 Å². The van der Waals surface area contributed by atoms with Gasteiger partial charge < -0.3 is 20.0 Å². The van der Waals surface area contributed by atoms with E-state index in [1.165, 1.54) is 6.20 Å². The molecular weight excluding hydrogens is 380 g/mol. The zero-order chi connectivity index (χ0) is 21.6. The summed E-state index contributed by atoms with van der Waals surface area (Å²) >= 11 is 0. The number of anilines is 1. The summed E-state index contributed by atoms with van der Waals surface area (Å²) in [5.41, 5.74) is 14.0. The smallest absolute Gasteiger partial charge is 0.141 e. The number of aliphatic imine (C=N–C) groups is 1. The molecule has 3 heterocycles. The number of hydrogen-bond donors (Lipinski definition) is 3. The minimum absolute atomic E-state index is 0.503. The summed E-state index contributed by atoms with van der Waals surface area (Å²) in [6.45, 7) is 11.4. The van der Waals surface area contributed by atoms with E-state index in [1.807, 2.05) is 39.8 Å². The van der Waals surface area contributed by atoms with Crippen LogP contribution in [0.3, 0.4) is 0 Å². The number of methoxy groups -OCH3 is 1. The summed E-state index contributed by atoms with van der Waals surface area (Å²) in [5.74, 6) is 1.92. The molecule has 0 saturated carbocycles. The lowest BCUT2D eigenvalue weighted by atomic mass is 9.96. The fourth-order valence-corrected chi connectivity index (χ4v) is 3.97. The first-order chi connectivity index (χ1) is 14.4. The number of nitrogens with one attached hydrogen (secondary N) is 2. The number of benzene rings is 1. The second kappa shape index (κ2) is 7.22. The Morgan fingerprint density at radius 2 is 1.97 bits per heavy atom. The molecule has 0 aliphatic rings. The topological polar surface area (TPSA) is 118 Å². The molecule has 0 spiro atoms. The average Bonchev–Trinajstić information content (AvgIpc) is 3.33. The predicted octanol–water partition coefficient (Wildman–Crippen LogP) is 4.35. The Labute approximate surface area is 173 Å². The minimum Gasteiger partial charge on any atom is -0.496 e. The number of rotatable bonds is 5. The molecule has 4 aromatic rings. The van der Waals surface area contributed by atoms with Crippen LogP contribution in [0, 0.1) is 27.7 Å². The fraction of sp³-hybridized carbons (Fsp3) is 0.227. The van der Waals surface area contributed by atoms with Crippen LogP contribution in [-0.2, 0) is 0 Å². The van der Waals surface area contributed by atoms with Crippen molar-refractivity contribution in [2.45, 2.75) is 27.7 Å². The molecule has 0 aliphatic carbocycles. The molecule has 0 aliphatic heterocycles. The molecule has 1 aromatic carbocycles. The normalized spacial score (nSPS) is 12.0. The van der Waals surface area contributed by atoms with E-state index in [2.05, 4.69) is 31.9 Å². The van der Waals surface area contributed by atoms with E-state index in [-0.39, 0.29) is 0 Å². The highest BCUT2D eigenvalue weighted by Crippen LogP contribution is 2.40. The molecule has 0 amide bonds. The van der Waals surface area contributed by atoms with Crippen LogP contribution in [0.2, 0.25) is 0 Å². The maximum absolute atomic E-state index is 6.44. The zero-order valence-electron chi connectivity index (χ0n) is 17.7. The third kappa shape index (κ3) is 2.88. The van der Waals surface area contributed by atoms with Gasteiger partial charge in [-0.15, -0.1) is 0 Å². The van der Waals surface area contributed by atoms with Gasteiger partial charge in [0, 0.05) is 33.9 Å². The summed E-state index contributed by atoms with van der Waals surface area (Å²) < 4.78 is 11.1. The van der Waals surface area contributed by atoms with Crippen LogP contribution in [0.4, 0.5) is 5.82 Å². The van der Waals surface area contributed by atoms with E-state index in [9.17, 15) is 0 Å². The number of nitrogens with zero attached hydrogens (tertiary/aromatic N) is 3. The molecule has 154 valence electrons. The van der Waals surface area contributed by atoms with Crippen molar-refractivity contribution in [3.05, 3.63) is 58.9 Å². The second-order valence-electron chi connectivity index (χ2n) is 7.18. The quantitative estimate of drug-likeness (QED) is 0.427. The van der Waals surface area contributed by atoms with Gasteiger partial charge >= 0.3 is 0 Å². The molecule has 0 atom stereocenters. The molecule has 4 rings (SSSR count). The van der Waals surface area contributed by atoms with Crippen LogP contribution in [0.5, 0.6) is 5.75 Å². The monoisotopic (exact) mass is 404 g/mol. The van der Waals surface area contributed by atoms with Gasteiger partial charge in [0.2, 0.25) is 0 Å². The second-order valence-corrected chi connectivity index (χ2v) is 7.18. The number of aryl methyl sites for hydroxylation is 4. The fourth-order valence-electron chi connectivity index (χ4n) is 3.97. The number of nitrogens with two attached hydrogens (primary N) is 1. The third-order valence-electron chi connectivity index (χ3n) is 5.27. The number of nitrogen functional groups attached to an aromatic ring is 1. The Kier molecular flexibility index (Phi) is 4.69. The molecule has 0 fully saturated rings. The highest BCUT2D eigenvalue weighted by atomic mass is 16.5. The maximum atomic E-state index is 6.44. The lowest BCUT2D eigenvalue weighted by Gasteiger charge is -2.11. The highest BCUT2D eigenvalue weighted by molar-refractivity contribution is 6.24. The van der Waals surface area contributed by atoms with Crippen molar-refractivity contribution in [2.24, 2.45) is 4.99 Å². The number of fused-ring (bicyclic) bond motifs is 1. The minimum atomic E-state index is 0.503. The van der Waals surface area contributed by atoms with Crippen LogP contribution in [0.15, 0.2) is 34.4 Å². The molecule has 0 saturated heterocycles. The van der Waals surface area contributed by atoms with E-state index in [0.717, 1.165) is 56.0 Å². The van der Waals surface area contributed by atoms with Gasteiger partial charge in [-0.05, 0) is 39.8 Å². The largest absolute Gasteiger partial charge is 0.496 e. The van der Waals surface area contributed by atoms with Gasteiger partial charge in [0.1, 0.15) is 17.3 Å². The number of H-pyrrole nitrogens is 2. The number of aromatic amines is 2. The molecular formula is C22H24N6O2. The Hall–Kier alpha value is -3.81. The van der Waals surface area contributed by atoms with E-state index in [4.69, 9.17) is 15.0 Å². The Balaban J connectivity index is 2.02. The standard InChI is InChI=1S/C22H24N6O2/c1-7-24-21(18-10(2)26-27-11(18)3)20-14-9-17(29-6)15(8-16(14)25-22(20)23)19-12(4)28-30-13(19)5/h7-9,25H,1,23H2,2-6H3,(H,26,27)/b24-21-. The van der Waals surface area contributed by atoms with Crippen LogP contribution < -0.4 is 10.5 Å². The summed E-state index contributed by atoms with van der Waals surface area (Å²) in [4.78, 5) is 7.84. The van der Waals surface area contributed by atoms with E-state index < -0.39 is 0 Å². The Morgan fingerprint density at radius 1 is 1.20 bits per heavy atom. The summed E-state index contributed by atoms with van der Waals surface area (Å²) in [6.07, 6.45) is 1.51. The van der Waals surface area contributed by atoms with Crippen LogP contribution in [-0.4, -0.2) is 33.2 Å². The molecule has 3 aromatic heterocycles. The highest BCUT2D eigenvalue weighted by Gasteiger charge is 2.24. The zero-order valence-corrected chi connectivity index (χ0v) is 17.7. The first kappa shape index (κ1) is 19.5. The summed E-state index contributed by atoms with van der Waals surface area (Å²) in [7, 11) is 1.64. The van der Waals surface area contributed by atoms with E-state index >= 15 is 0 Å². The van der Waals surface area contributed by atoms with Gasteiger partial charge in [-0.3, -0.25) is 10.1 Å². The average molecular weight is 404 g/mol. The molecule has 0 unspecified atom stereocenters. The van der Waals surface area contributed by atoms with Crippen molar-refractivity contribution in [3.8, 4) is 16.9 Å². The first-order valence-electron chi connectivity index (χ1n) is 9.50. The Morgan fingerprint density at radius 3 is 2.53 bits per heavy atom. The maximum Gasteiger partial charge on any atom is 0.141 e. The third-order valence-corrected chi connectivity index (χ3v) is 5.27. The van der Waals surface area contributed by atoms with Crippen LogP contribution >= 0.6 is 0 Å². The van der Waals surface area contributed by atoms with Crippen LogP contribution in [0.1, 0.15) is 34.0 Å². The van der Waals surface area contributed by atoms with Gasteiger partial charge in [-0.2, -0.15) is 5.10 Å². The number of ether oxygens (including phenoxy) is 1. The Bertz CT molecular complexity index is 1270. The van der Waals surface area contributed by atoms with Crippen molar-refractivity contribution >= 4 is 22.4 Å². The summed E-state index contributed by atoms with van der Waals surface area (Å²) in [5, 5.41) is 12.3. The molecule has 30 heavy (non-hydrogen) atoms. The molecule has 4 N–H and O–H groups in total. The molecule has 0 bridgehead atoms. The van der Waals surface area contributed by atoms with Gasteiger partial charge in [-0.1, -0.05) is 11.7 Å². The van der Waals surface area contributed by atoms with Crippen molar-refractivity contribution in [2.75, 3.05) is 12.8 Å². The van der Waals surface area contributed by atoms with E-state index in [1.54, 1.807) is 7.11 Å². The number of hydrogen-bond acceptors (Lipinski definition) is 6. The molecule has 8 heteroatoms. The van der Waals surface area contributed by atoms with Gasteiger partial charge in [0.15, 0.2) is 0 Å². The number of aromatic nitrogens is 4. The SMILES string of the molecule is C=C/N=C(/c1c(C)n[nH]c1C)c1c(N)[nH]c2cc(-c3c(C)noc3C)c(OC)cc12. The lowest BCUT2D eigenvalue weighted by molar-refractivity contribution is 0.393. The van der Waals surface area contributed by atoms with Gasteiger partial charge in [-0.25, -0.2) is 0 Å².